The summed E-state index contributed by atoms with van der Waals surface area (Å²) in [5.74, 6) is -1.19. The van der Waals surface area contributed by atoms with Crippen molar-refractivity contribution in [3.63, 3.8) is 0 Å². The van der Waals surface area contributed by atoms with Gasteiger partial charge in [-0.15, -0.1) is 0 Å². The number of amides is 2. The minimum Gasteiger partial charge on any atom is -0.353 e. The molecule has 1 unspecified atom stereocenters. The molecule has 2 heterocycles. The molecule has 1 aliphatic heterocycles. The zero-order valence-electron chi connectivity index (χ0n) is 15.8. The van der Waals surface area contributed by atoms with Crippen LogP contribution in [0.25, 0.3) is 0 Å². The van der Waals surface area contributed by atoms with Crippen LogP contribution in [0, 0.1) is 0 Å². The summed E-state index contributed by atoms with van der Waals surface area (Å²) < 4.78 is 0. The molecule has 2 amide bonds. The Morgan fingerprint density at radius 1 is 1.10 bits per heavy atom. The number of H-pyrrole nitrogens is 1. The van der Waals surface area contributed by atoms with E-state index in [1.807, 2.05) is 0 Å². The van der Waals surface area contributed by atoms with Crippen molar-refractivity contribution >= 4 is 40.9 Å². The fourth-order valence-electron chi connectivity index (χ4n) is 3.87. The molecule has 9 heteroatoms. The molecule has 1 fully saturated rings. The summed E-state index contributed by atoms with van der Waals surface area (Å²) in [6, 6.07) is 6.98. The molecule has 0 radical (unpaired) electrons. The SMILES string of the molecule is O=C1CC(C(=O)NC2CCCCC2)c2c(nc(Nc3ccc(Cl)cc3)[nH]c2=O)N1. The summed E-state index contributed by atoms with van der Waals surface area (Å²) in [7, 11) is 0. The van der Waals surface area contributed by atoms with E-state index in [4.69, 9.17) is 11.6 Å². The molecule has 1 aromatic carbocycles. The number of aromatic nitrogens is 2. The van der Waals surface area contributed by atoms with Gasteiger partial charge in [-0.05, 0) is 37.1 Å². The van der Waals surface area contributed by atoms with Crippen LogP contribution in [0.2, 0.25) is 5.02 Å². The van der Waals surface area contributed by atoms with E-state index in [0.717, 1.165) is 25.7 Å². The molecule has 4 rings (SSSR count). The number of hydrogen-bond donors (Lipinski definition) is 4. The molecule has 2 aliphatic rings. The highest BCUT2D eigenvalue weighted by atomic mass is 35.5. The number of halogens is 1. The lowest BCUT2D eigenvalue weighted by molar-refractivity contribution is -0.127. The number of hydrogen-bond acceptors (Lipinski definition) is 5. The Balaban J connectivity index is 1.58. The molecule has 4 N–H and O–H groups in total. The molecule has 152 valence electrons. The van der Waals surface area contributed by atoms with Crippen molar-refractivity contribution in [2.45, 2.75) is 50.5 Å². The average Bonchev–Trinajstić information content (AvgIpc) is 2.69. The molecule has 1 saturated carbocycles. The lowest BCUT2D eigenvalue weighted by Crippen LogP contribution is -2.43. The second kappa shape index (κ2) is 8.24. The number of carbonyl (C=O) groups excluding carboxylic acids is 2. The monoisotopic (exact) mass is 415 g/mol. The number of nitrogens with zero attached hydrogens (tertiary/aromatic N) is 1. The van der Waals surface area contributed by atoms with Crippen LogP contribution in [0.15, 0.2) is 29.1 Å². The lowest BCUT2D eigenvalue weighted by atomic mass is 9.90. The van der Waals surface area contributed by atoms with E-state index in [2.05, 4.69) is 25.9 Å². The van der Waals surface area contributed by atoms with Crippen LogP contribution in [-0.4, -0.2) is 27.8 Å². The van der Waals surface area contributed by atoms with Crippen LogP contribution in [0.1, 0.15) is 50.0 Å². The molecule has 0 spiro atoms. The highest BCUT2D eigenvalue weighted by Crippen LogP contribution is 2.30. The van der Waals surface area contributed by atoms with E-state index in [1.54, 1.807) is 24.3 Å². The maximum absolute atomic E-state index is 12.8. The van der Waals surface area contributed by atoms with E-state index < -0.39 is 11.5 Å². The van der Waals surface area contributed by atoms with Crippen molar-refractivity contribution in [3.8, 4) is 0 Å². The van der Waals surface area contributed by atoms with E-state index >= 15 is 0 Å². The zero-order valence-corrected chi connectivity index (χ0v) is 16.5. The van der Waals surface area contributed by atoms with Gasteiger partial charge in [0, 0.05) is 23.2 Å². The molecule has 1 aromatic heterocycles. The first kappa shape index (κ1) is 19.4. The largest absolute Gasteiger partial charge is 0.353 e. The fourth-order valence-corrected chi connectivity index (χ4v) is 4.00. The van der Waals surface area contributed by atoms with Crippen molar-refractivity contribution < 1.29 is 9.59 Å². The molecule has 2 aromatic rings. The van der Waals surface area contributed by atoms with E-state index in [-0.39, 0.29) is 41.6 Å². The van der Waals surface area contributed by atoms with Gasteiger partial charge in [-0.3, -0.25) is 19.4 Å². The Morgan fingerprint density at radius 3 is 2.55 bits per heavy atom. The van der Waals surface area contributed by atoms with Crippen LogP contribution in [-0.2, 0) is 9.59 Å². The number of rotatable bonds is 4. The van der Waals surface area contributed by atoms with Crippen LogP contribution in [0.3, 0.4) is 0 Å². The summed E-state index contributed by atoms with van der Waals surface area (Å²) in [5.41, 5.74) is 0.418. The highest BCUT2D eigenvalue weighted by Gasteiger charge is 2.35. The minimum absolute atomic E-state index is 0.0692. The van der Waals surface area contributed by atoms with E-state index in [1.165, 1.54) is 6.42 Å². The Hall–Kier alpha value is -2.87. The van der Waals surface area contributed by atoms with Gasteiger partial charge in [0.05, 0.1) is 11.5 Å². The molecule has 0 bridgehead atoms. The topological polar surface area (TPSA) is 116 Å². The van der Waals surface area contributed by atoms with Gasteiger partial charge in [-0.1, -0.05) is 30.9 Å². The second-order valence-electron chi connectivity index (χ2n) is 7.46. The van der Waals surface area contributed by atoms with Crippen LogP contribution < -0.4 is 21.5 Å². The predicted molar refractivity (Wildman–Crippen MR) is 111 cm³/mol. The van der Waals surface area contributed by atoms with Gasteiger partial charge in [0.15, 0.2) is 0 Å². The van der Waals surface area contributed by atoms with Gasteiger partial charge in [0.2, 0.25) is 17.8 Å². The van der Waals surface area contributed by atoms with Crippen molar-refractivity contribution in [3.05, 3.63) is 45.2 Å². The van der Waals surface area contributed by atoms with Gasteiger partial charge in [0.25, 0.3) is 5.56 Å². The first-order chi connectivity index (χ1) is 14.0. The second-order valence-corrected chi connectivity index (χ2v) is 7.89. The summed E-state index contributed by atoms with van der Waals surface area (Å²) in [6.45, 7) is 0. The number of fused-ring (bicyclic) bond motifs is 1. The fraction of sp³-hybridized carbons (Fsp3) is 0.400. The van der Waals surface area contributed by atoms with Crippen LogP contribution in [0.4, 0.5) is 17.5 Å². The van der Waals surface area contributed by atoms with Gasteiger partial charge >= 0.3 is 0 Å². The first-order valence-corrected chi connectivity index (χ1v) is 10.1. The van der Waals surface area contributed by atoms with Crippen LogP contribution in [0.5, 0.6) is 0 Å². The van der Waals surface area contributed by atoms with Gasteiger partial charge in [-0.25, -0.2) is 0 Å². The Morgan fingerprint density at radius 2 is 1.83 bits per heavy atom. The molecule has 1 aliphatic carbocycles. The van der Waals surface area contributed by atoms with Crippen LogP contribution >= 0.6 is 11.6 Å². The number of benzene rings is 1. The van der Waals surface area contributed by atoms with Crippen molar-refractivity contribution in [2.24, 2.45) is 0 Å². The normalized spacial score (nSPS) is 19.2. The number of anilines is 3. The summed E-state index contributed by atoms with van der Waals surface area (Å²) in [5, 5.41) is 9.18. The highest BCUT2D eigenvalue weighted by molar-refractivity contribution is 6.30. The summed E-state index contributed by atoms with van der Waals surface area (Å²) in [4.78, 5) is 44.7. The van der Waals surface area contributed by atoms with E-state index in [9.17, 15) is 14.4 Å². The van der Waals surface area contributed by atoms with Crippen molar-refractivity contribution in [2.75, 3.05) is 10.6 Å². The number of aromatic amines is 1. The number of nitrogens with one attached hydrogen (secondary N) is 4. The quantitative estimate of drug-likeness (QED) is 0.612. The van der Waals surface area contributed by atoms with Gasteiger partial charge in [0.1, 0.15) is 5.82 Å². The number of carbonyl (C=O) groups is 2. The Bertz CT molecular complexity index is 983. The standard InChI is InChI=1S/C20H22ClN5O3/c21-11-6-8-13(9-7-11)23-20-25-17-16(19(29)26-20)14(10-15(27)24-17)18(28)22-12-4-2-1-3-5-12/h6-9,12,14H,1-5,10H2,(H,22,28)(H3,23,24,25,26,27,29). The van der Waals surface area contributed by atoms with Crippen molar-refractivity contribution in [1.82, 2.24) is 15.3 Å². The predicted octanol–water partition coefficient (Wildman–Crippen LogP) is 3.04. The third-order valence-electron chi connectivity index (χ3n) is 5.33. The van der Waals surface area contributed by atoms with Crippen molar-refractivity contribution in [1.29, 1.82) is 0 Å². The maximum atomic E-state index is 12.8. The van der Waals surface area contributed by atoms with Gasteiger partial charge in [-0.2, -0.15) is 4.98 Å². The Kier molecular flexibility index (Phi) is 5.53. The zero-order chi connectivity index (χ0) is 20.4. The molecular formula is C20H22ClN5O3. The molecule has 1 atom stereocenters. The molecule has 8 nitrogen and oxygen atoms in total. The average molecular weight is 416 g/mol. The summed E-state index contributed by atoms with van der Waals surface area (Å²) >= 11 is 5.88. The third kappa shape index (κ3) is 4.42. The summed E-state index contributed by atoms with van der Waals surface area (Å²) in [6.07, 6.45) is 5.11. The minimum atomic E-state index is -0.846. The molecule has 0 saturated heterocycles. The molecular weight excluding hydrogens is 394 g/mol. The first-order valence-electron chi connectivity index (χ1n) is 9.76. The Labute approximate surface area is 172 Å². The lowest BCUT2D eigenvalue weighted by Gasteiger charge is -2.27. The molecule has 29 heavy (non-hydrogen) atoms. The third-order valence-corrected chi connectivity index (χ3v) is 5.58. The van der Waals surface area contributed by atoms with Gasteiger partial charge < -0.3 is 16.0 Å². The smallest absolute Gasteiger partial charge is 0.258 e. The maximum Gasteiger partial charge on any atom is 0.258 e. The van der Waals surface area contributed by atoms with E-state index in [0.29, 0.717) is 10.7 Å².